The Hall–Kier alpha value is -9.59. The van der Waals surface area contributed by atoms with E-state index in [0.717, 1.165) is 121 Å². The van der Waals surface area contributed by atoms with Gasteiger partial charge in [0.05, 0.1) is 11.4 Å². The predicted octanol–water partition coefficient (Wildman–Crippen LogP) is 16.4. The van der Waals surface area contributed by atoms with Gasteiger partial charge >= 0.3 is 0 Å². The summed E-state index contributed by atoms with van der Waals surface area (Å²) in [4.78, 5) is 25.7. The molecule has 70 heavy (non-hydrogen) atoms. The SMILES string of the molecule is c1ccc(-c2nc(-c3cccc(-c4cccc(-c5nc(-c6ccccc6)nc(-c6ccc7oc8ccc9ccccc9c8c7c6)n5)c4)c3)cc(-c3ccc4c(c3)oc3c5ccccc5ccc43)n2)cc1. The minimum atomic E-state index is 0.576. The van der Waals surface area contributed by atoms with Crippen molar-refractivity contribution in [3.8, 4) is 79.2 Å². The van der Waals surface area contributed by atoms with Crippen molar-refractivity contribution in [1.29, 1.82) is 0 Å². The maximum atomic E-state index is 6.60. The molecule has 0 unspecified atom stereocenters. The Morgan fingerprint density at radius 2 is 0.743 bits per heavy atom. The molecule has 0 bridgehead atoms. The molecular weight excluding hydrogens is 859 g/mol. The van der Waals surface area contributed by atoms with E-state index < -0.39 is 0 Å². The zero-order chi connectivity index (χ0) is 46.1. The molecule has 0 atom stereocenters. The van der Waals surface area contributed by atoms with Gasteiger partial charge in [-0.15, -0.1) is 0 Å². The van der Waals surface area contributed by atoms with E-state index in [4.69, 9.17) is 33.8 Å². The maximum Gasteiger partial charge on any atom is 0.164 e. The first-order chi connectivity index (χ1) is 34.6. The van der Waals surface area contributed by atoms with Crippen molar-refractivity contribution in [1.82, 2.24) is 24.9 Å². The first-order valence-electron chi connectivity index (χ1n) is 23.3. The van der Waals surface area contributed by atoms with E-state index in [1.807, 2.05) is 78.9 Å². The van der Waals surface area contributed by atoms with Crippen molar-refractivity contribution in [2.24, 2.45) is 0 Å². The third-order valence-electron chi connectivity index (χ3n) is 13.3. The number of benzene rings is 10. The lowest BCUT2D eigenvalue weighted by molar-refractivity contribution is 0.669. The molecule has 0 radical (unpaired) electrons. The fourth-order valence-electron chi connectivity index (χ4n) is 9.86. The molecular formula is C63H37N5O2. The molecule has 0 amide bonds. The molecule has 0 spiro atoms. The predicted molar refractivity (Wildman–Crippen MR) is 283 cm³/mol. The molecule has 4 heterocycles. The van der Waals surface area contributed by atoms with Gasteiger partial charge in [-0.05, 0) is 87.9 Å². The van der Waals surface area contributed by atoms with E-state index in [0.29, 0.717) is 23.3 Å². The maximum absolute atomic E-state index is 6.60. The van der Waals surface area contributed by atoms with E-state index in [-0.39, 0.29) is 0 Å². The molecule has 10 aromatic carbocycles. The summed E-state index contributed by atoms with van der Waals surface area (Å²) in [5.41, 5.74) is 12.5. The van der Waals surface area contributed by atoms with E-state index in [1.165, 1.54) is 0 Å². The Balaban J connectivity index is 0.862. The quantitative estimate of drug-likeness (QED) is 0.157. The number of nitrogens with zero attached hydrogens (tertiary/aromatic N) is 5. The van der Waals surface area contributed by atoms with Gasteiger partial charge in [-0.1, -0.05) is 164 Å². The fraction of sp³-hybridized carbons (Fsp3) is 0. The van der Waals surface area contributed by atoms with Crippen molar-refractivity contribution in [3.63, 3.8) is 0 Å². The van der Waals surface area contributed by atoms with Gasteiger partial charge in [0.1, 0.15) is 22.3 Å². The van der Waals surface area contributed by atoms with Crippen LogP contribution in [0.15, 0.2) is 233 Å². The van der Waals surface area contributed by atoms with Crippen LogP contribution < -0.4 is 0 Å². The molecule has 7 nitrogen and oxygen atoms in total. The smallest absolute Gasteiger partial charge is 0.164 e. The third kappa shape index (κ3) is 6.79. The lowest BCUT2D eigenvalue weighted by atomic mass is 9.98. The van der Waals surface area contributed by atoms with Crippen LogP contribution in [0.4, 0.5) is 0 Å². The van der Waals surface area contributed by atoms with Crippen LogP contribution in [-0.4, -0.2) is 24.9 Å². The lowest BCUT2D eigenvalue weighted by Gasteiger charge is -2.12. The fourth-order valence-corrected chi connectivity index (χ4v) is 9.86. The Morgan fingerprint density at radius 3 is 1.47 bits per heavy atom. The molecule has 0 fully saturated rings. The normalized spacial score (nSPS) is 11.7. The van der Waals surface area contributed by atoms with Crippen molar-refractivity contribution < 1.29 is 8.83 Å². The second-order valence-corrected chi connectivity index (χ2v) is 17.6. The molecule has 0 saturated carbocycles. The second-order valence-electron chi connectivity index (χ2n) is 17.6. The Morgan fingerprint density at radius 1 is 0.243 bits per heavy atom. The number of fused-ring (bicyclic) bond motifs is 10. The first kappa shape index (κ1) is 39.6. The van der Waals surface area contributed by atoms with E-state index in [9.17, 15) is 0 Å². The number of aromatic nitrogens is 5. The molecule has 0 saturated heterocycles. The van der Waals surface area contributed by atoms with Gasteiger partial charge in [-0.25, -0.2) is 24.9 Å². The molecule has 326 valence electrons. The van der Waals surface area contributed by atoms with Crippen LogP contribution in [0.5, 0.6) is 0 Å². The highest BCUT2D eigenvalue weighted by Gasteiger charge is 2.18. The molecule has 14 aromatic rings. The van der Waals surface area contributed by atoms with Crippen LogP contribution in [0.3, 0.4) is 0 Å². The number of hydrogen-bond acceptors (Lipinski definition) is 7. The van der Waals surface area contributed by atoms with Gasteiger partial charge in [0.15, 0.2) is 23.3 Å². The Bertz CT molecular complexity index is 4370. The van der Waals surface area contributed by atoms with Crippen molar-refractivity contribution in [2.75, 3.05) is 0 Å². The van der Waals surface area contributed by atoms with Gasteiger partial charge in [0.2, 0.25) is 0 Å². The molecule has 0 aliphatic heterocycles. The zero-order valence-electron chi connectivity index (χ0n) is 37.4. The van der Waals surface area contributed by atoms with Gasteiger partial charge in [0, 0.05) is 60.3 Å². The molecule has 4 aromatic heterocycles. The molecule has 0 aliphatic carbocycles. The summed E-state index contributed by atoms with van der Waals surface area (Å²) in [7, 11) is 0. The molecule has 0 N–H and O–H groups in total. The third-order valence-corrected chi connectivity index (χ3v) is 13.3. The van der Waals surface area contributed by atoms with Crippen LogP contribution in [0.25, 0.3) is 145 Å². The lowest BCUT2D eigenvalue weighted by Crippen LogP contribution is -2.00. The minimum Gasteiger partial charge on any atom is -0.456 e. The monoisotopic (exact) mass is 895 g/mol. The standard InChI is InChI=1S/C63H37N5O2/c1-3-15-40(16-4-1)60-64-53(37-54(65-60)45-26-29-50-51-30-25-39-14-8-10-24-49(39)59(51)70-57(50)36-45)44-21-11-19-42(33-44)43-20-12-22-46(34-43)62-66-61(41-17-5-2-6-18-41)67-63(68-62)47-28-31-55-52(35-47)58-48-23-9-7-13-38(48)27-32-56(58)69-55/h1-37H. The summed E-state index contributed by atoms with van der Waals surface area (Å²) >= 11 is 0. The second kappa shape index (κ2) is 16.0. The summed E-state index contributed by atoms with van der Waals surface area (Å²) in [5, 5.41) is 8.81. The number of hydrogen-bond donors (Lipinski definition) is 0. The van der Waals surface area contributed by atoms with Gasteiger partial charge in [0.25, 0.3) is 0 Å². The zero-order valence-corrected chi connectivity index (χ0v) is 37.4. The van der Waals surface area contributed by atoms with Crippen molar-refractivity contribution >= 4 is 65.4 Å². The minimum absolute atomic E-state index is 0.576. The first-order valence-corrected chi connectivity index (χ1v) is 23.3. The van der Waals surface area contributed by atoms with Crippen molar-refractivity contribution in [3.05, 3.63) is 224 Å². The molecule has 14 rings (SSSR count). The van der Waals surface area contributed by atoms with Crippen LogP contribution in [-0.2, 0) is 0 Å². The highest BCUT2D eigenvalue weighted by atomic mass is 16.3. The van der Waals surface area contributed by atoms with E-state index in [2.05, 4.69) is 146 Å². The van der Waals surface area contributed by atoms with Gasteiger partial charge in [-0.2, -0.15) is 0 Å². The highest BCUT2D eigenvalue weighted by molar-refractivity contribution is 6.19. The average Bonchev–Trinajstić information content (AvgIpc) is 4.02. The van der Waals surface area contributed by atoms with Crippen LogP contribution >= 0.6 is 0 Å². The van der Waals surface area contributed by atoms with E-state index in [1.54, 1.807) is 0 Å². The average molecular weight is 896 g/mol. The summed E-state index contributed by atoms with van der Waals surface area (Å²) in [6, 6.07) is 77.0. The van der Waals surface area contributed by atoms with Crippen LogP contribution in [0.1, 0.15) is 0 Å². The van der Waals surface area contributed by atoms with E-state index >= 15 is 0 Å². The van der Waals surface area contributed by atoms with Gasteiger partial charge < -0.3 is 8.83 Å². The summed E-state index contributed by atoms with van der Waals surface area (Å²) in [5.74, 6) is 2.39. The Labute approximate surface area is 401 Å². The molecule has 0 aliphatic rings. The van der Waals surface area contributed by atoms with Gasteiger partial charge in [-0.3, -0.25) is 0 Å². The highest BCUT2D eigenvalue weighted by Crippen LogP contribution is 2.39. The summed E-state index contributed by atoms with van der Waals surface area (Å²) in [6.07, 6.45) is 0. The number of furan rings is 2. The largest absolute Gasteiger partial charge is 0.456 e. The van der Waals surface area contributed by atoms with Crippen molar-refractivity contribution in [2.45, 2.75) is 0 Å². The van der Waals surface area contributed by atoms with Crippen LogP contribution in [0.2, 0.25) is 0 Å². The topological polar surface area (TPSA) is 90.7 Å². The summed E-state index contributed by atoms with van der Waals surface area (Å²) in [6.45, 7) is 0. The molecule has 7 heteroatoms. The summed E-state index contributed by atoms with van der Waals surface area (Å²) < 4.78 is 13.0. The number of rotatable bonds is 7. The van der Waals surface area contributed by atoms with Crippen LogP contribution in [0, 0.1) is 0 Å². The Kier molecular flexibility index (Phi) is 9.07.